The highest BCUT2D eigenvalue weighted by Crippen LogP contribution is 2.14. The van der Waals surface area contributed by atoms with Crippen molar-refractivity contribution in [3.63, 3.8) is 0 Å². The molecule has 3 nitrogen and oxygen atoms in total. The van der Waals surface area contributed by atoms with Crippen molar-refractivity contribution in [1.29, 1.82) is 5.26 Å². The Balaban J connectivity index is 2.32. The molecule has 0 saturated carbocycles. The van der Waals surface area contributed by atoms with Gasteiger partial charge in [0.15, 0.2) is 6.19 Å². The number of likely N-dealkylation sites (N-methyl/N-ethyl adjacent to an activating group) is 2. The second kappa shape index (κ2) is 3.59. The molecule has 0 bridgehead atoms. The molecule has 3 heteroatoms. The first-order chi connectivity index (χ1) is 5.24. The topological polar surface area (TPSA) is 30.3 Å². The van der Waals surface area contributed by atoms with Gasteiger partial charge < -0.3 is 9.80 Å². The maximum Gasteiger partial charge on any atom is 0.179 e. The third-order valence-corrected chi connectivity index (χ3v) is 2.33. The normalized spacial score (nSPS) is 25.0. The van der Waals surface area contributed by atoms with E-state index in [0.29, 0.717) is 6.04 Å². The van der Waals surface area contributed by atoms with Crippen molar-refractivity contribution in [1.82, 2.24) is 9.80 Å². The lowest BCUT2D eigenvalue weighted by atomic mass is 10.2. The summed E-state index contributed by atoms with van der Waals surface area (Å²) in [6.45, 7) is 2.07. The number of rotatable bonds is 2. The van der Waals surface area contributed by atoms with Gasteiger partial charge in [0.05, 0.1) is 0 Å². The largest absolute Gasteiger partial charge is 0.312 e. The molecular weight excluding hydrogens is 138 g/mol. The average molecular weight is 153 g/mol. The lowest BCUT2D eigenvalue weighted by Crippen LogP contribution is -2.34. The van der Waals surface area contributed by atoms with E-state index in [1.807, 2.05) is 7.05 Å². The molecule has 1 saturated heterocycles. The Labute approximate surface area is 68.2 Å². The molecule has 0 aliphatic carbocycles. The van der Waals surface area contributed by atoms with Crippen LogP contribution < -0.4 is 0 Å². The number of likely N-dealkylation sites (tertiary alicyclic amines) is 1. The van der Waals surface area contributed by atoms with Crippen LogP contribution in [0.2, 0.25) is 0 Å². The highest BCUT2D eigenvalue weighted by molar-refractivity contribution is 4.82. The standard InChI is InChI=1S/C8H15N3/c1-10(7-9)6-8-4-3-5-11(8)2/h8H,3-6H2,1-2H3. The van der Waals surface area contributed by atoms with E-state index in [4.69, 9.17) is 5.26 Å². The molecule has 0 aromatic rings. The van der Waals surface area contributed by atoms with Crippen molar-refractivity contribution in [2.75, 3.05) is 27.2 Å². The summed E-state index contributed by atoms with van der Waals surface area (Å²) < 4.78 is 0. The lowest BCUT2D eigenvalue weighted by Gasteiger charge is -2.21. The van der Waals surface area contributed by atoms with Crippen LogP contribution in [0.3, 0.4) is 0 Å². The highest BCUT2D eigenvalue weighted by Gasteiger charge is 2.21. The molecule has 0 amide bonds. The molecule has 0 N–H and O–H groups in total. The van der Waals surface area contributed by atoms with E-state index in [1.54, 1.807) is 4.90 Å². The van der Waals surface area contributed by atoms with Crippen LogP contribution in [0.1, 0.15) is 12.8 Å². The number of nitriles is 1. The molecule has 0 radical (unpaired) electrons. The van der Waals surface area contributed by atoms with Gasteiger partial charge in [-0.15, -0.1) is 0 Å². The Morgan fingerprint density at radius 3 is 2.91 bits per heavy atom. The fourth-order valence-corrected chi connectivity index (χ4v) is 1.57. The van der Waals surface area contributed by atoms with E-state index in [0.717, 1.165) is 6.54 Å². The van der Waals surface area contributed by atoms with Gasteiger partial charge in [-0.2, -0.15) is 5.26 Å². The molecule has 11 heavy (non-hydrogen) atoms. The van der Waals surface area contributed by atoms with Crippen LogP contribution in [0, 0.1) is 11.5 Å². The summed E-state index contributed by atoms with van der Waals surface area (Å²) >= 11 is 0. The van der Waals surface area contributed by atoms with Crippen LogP contribution in [0.5, 0.6) is 0 Å². The minimum Gasteiger partial charge on any atom is -0.312 e. The zero-order chi connectivity index (χ0) is 8.27. The predicted molar refractivity (Wildman–Crippen MR) is 43.9 cm³/mol. The Morgan fingerprint density at radius 2 is 2.45 bits per heavy atom. The SMILES string of the molecule is CN(C#N)CC1CCCN1C. The minimum absolute atomic E-state index is 0.597. The van der Waals surface area contributed by atoms with E-state index in [-0.39, 0.29) is 0 Å². The van der Waals surface area contributed by atoms with Crippen LogP contribution in [0.15, 0.2) is 0 Å². The molecule has 0 aromatic carbocycles. The first-order valence-corrected chi connectivity index (χ1v) is 4.05. The van der Waals surface area contributed by atoms with Crippen molar-refractivity contribution in [3.05, 3.63) is 0 Å². The zero-order valence-electron chi connectivity index (χ0n) is 7.25. The van der Waals surface area contributed by atoms with Crippen molar-refractivity contribution < 1.29 is 0 Å². The first kappa shape index (κ1) is 8.35. The Bertz CT molecular complexity index is 161. The van der Waals surface area contributed by atoms with Gasteiger partial charge in [0.25, 0.3) is 0 Å². The monoisotopic (exact) mass is 153 g/mol. The minimum atomic E-state index is 0.597. The van der Waals surface area contributed by atoms with Gasteiger partial charge in [0.1, 0.15) is 0 Å². The van der Waals surface area contributed by atoms with Gasteiger partial charge >= 0.3 is 0 Å². The average Bonchev–Trinajstić information content (AvgIpc) is 2.37. The number of nitrogens with zero attached hydrogens (tertiary/aromatic N) is 3. The second-order valence-corrected chi connectivity index (χ2v) is 3.26. The van der Waals surface area contributed by atoms with Crippen LogP contribution in [0.25, 0.3) is 0 Å². The summed E-state index contributed by atoms with van der Waals surface area (Å²) in [5, 5.41) is 8.54. The molecule has 0 aromatic heterocycles. The van der Waals surface area contributed by atoms with Gasteiger partial charge in [0, 0.05) is 19.6 Å². The Morgan fingerprint density at radius 1 is 1.73 bits per heavy atom. The lowest BCUT2D eigenvalue weighted by molar-refractivity contribution is 0.261. The molecule has 1 atom stereocenters. The molecular formula is C8H15N3. The van der Waals surface area contributed by atoms with Crippen LogP contribution >= 0.6 is 0 Å². The summed E-state index contributed by atoms with van der Waals surface area (Å²) in [4.78, 5) is 4.03. The van der Waals surface area contributed by atoms with Crippen LogP contribution in [-0.2, 0) is 0 Å². The van der Waals surface area contributed by atoms with Crippen LogP contribution in [0.4, 0.5) is 0 Å². The van der Waals surface area contributed by atoms with Crippen molar-refractivity contribution in [2.45, 2.75) is 18.9 Å². The Kier molecular flexibility index (Phi) is 2.72. The van der Waals surface area contributed by atoms with Crippen molar-refractivity contribution >= 4 is 0 Å². The molecule has 1 unspecified atom stereocenters. The highest BCUT2D eigenvalue weighted by atomic mass is 15.2. The molecule has 0 spiro atoms. The summed E-state index contributed by atoms with van der Waals surface area (Å²) in [5.74, 6) is 0. The summed E-state index contributed by atoms with van der Waals surface area (Å²) in [6.07, 6.45) is 4.64. The molecule has 62 valence electrons. The van der Waals surface area contributed by atoms with Gasteiger partial charge in [0.2, 0.25) is 0 Å². The maximum absolute atomic E-state index is 8.54. The van der Waals surface area contributed by atoms with Crippen molar-refractivity contribution in [2.24, 2.45) is 0 Å². The zero-order valence-corrected chi connectivity index (χ0v) is 7.25. The first-order valence-electron chi connectivity index (χ1n) is 4.05. The van der Waals surface area contributed by atoms with Gasteiger partial charge in [-0.1, -0.05) is 0 Å². The van der Waals surface area contributed by atoms with E-state index in [1.165, 1.54) is 19.4 Å². The number of hydrogen-bond acceptors (Lipinski definition) is 3. The van der Waals surface area contributed by atoms with Gasteiger partial charge in [-0.05, 0) is 26.4 Å². The maximum atomic E-state index is 8.54. The van der Waals surface area contributed by atoms with Crippen molar-refractivity contribution in [3.8, 4) is 6.19 Å². The van der Waals surface area contributed by atoms with Crippen LogP contribution in [-0.4, -0.2) is 43.0 Å². The summed E-state index contributed by atoms with van der Waals surface area (Å²) in [7, 11) is 3.97. The molecule has 1 aliphatic rings. The predicted octanol–water partition coefficient (Wildman–Crippen LogP) is 0.493. The smallest absolute Gasteiger partial charge is 0.179 e. The quantitative estimate of drug-likeness (QED) is 0.427. The fourth-order valence-electron chi connectivity index (χ4n) is 1.57. The third kappa shape index (κ3) is 2.09. The fraction of sp³-hybridized carbons (Fsp3) is 0.875. The summed E-state index contributed by atoms with van der Waals surface area (Å²) in [5.41, 5.74) is 0. The van der Waals surface area contributed by atoms with E-state index >= 15 is 0 Å². The number of hydrogen-bond donors (Lipinski definition) is 0. The molecule has 1 heterocycles. The molecule has 1 fully saturated rings. The third-order valence-electron chi connectivity index (χ3n) is 2.33. The summed E-state index contributed by atoms with van der Waals surface area (Å²) in [6, 6.07) is 0.597. The van der Waals surface area contributed by atoms with E-state index in [2.05, 4.69) is 18.1 Å². The van der Waals surface area contributed by atoms with E-state index in [9.17, 15) is 0 Å². The molecule has 1 aliphatic heterocycles. The van der Waals surface area contributed by atoms with Gasteiger partial charge in [-0.3, -0.25) is 0 Å². The van der Waals surface area contributed by atoms with E-state index < -0.39 is 0 Å². The molecule has 1 rings (SSSR count). The van der Waals surface area contributed by atoms with Gasteiger partial charge in [-0.25, -0.2) is 0 Å². The second-order valence-electron chi connectivity index (χ2n) is 3.26. The Hall–Kier alpha value is -0.750.